The third-order valence-electron chi connectivity index (χ3n) is 12.8. The first-order valence-corrected chi connectivity index (χ1v) is 23.9. The molecule has 0 aliphatic carbocycles. The van der Waals surface area contributed by atoms with Crippen LogP contribution in [0.15, 0.2) is 190 Å². The number of hydrogen-bond acceptors (Lipinski definition) is 4. The van der Waals surface area contributed by atoms with E-state index in [1.165, 1.54) is 10.4 Å². The summed E-state index contributed by atoms with van der Waals surface area (Å²) < 4.78 is 17.8. The van der Waals surface area contributed by atoms with Gasteiger partial charge < -0.3 is 4.42 Å². The van der Waals surface area contributed by atoms with Crippen molar-refractivity contribution in [1.29, 1.82) is 0 Å². The number of hydrogen-bond donors (Lipinski definition) is 0. The fourth-order valence-corrected chi connectivity index (χ4v) is 12.9. The van der Waals surface area contributed by atoms with Crippen molar-refractivity contribution < 1.29 is 8.98 Å². The van der Waals surface area contributed by atoms with Crippen LogP contribution in [0.25, 0.3) is 89.3 Å². The molecule has 13 rings (SSSR count). The number of furan rings is 1. The van der Waals surface area contributed by atoms with Gasteiger partial charge in [0.2, 0.25) is 0 Å². The third-order valence-corrected chi connectivity index (χ3v) is 16.3. The van der Waals surface area contributed by atoms with E-state index in [0.717, 1.165) is 44.3 Å². The van der Waals surface area contributed by atoms with Gasteiger partial charge in [0.15, 0.2) is 0 Å². The molecule has 0 N–H and O–H groups in total. The fourth-order valence-electron chi connectivity index (χ4n) is 9.93. The average molecular weight is 834 g/mol. The summed E-state index contributed by atoms with van der Waals surface area (Å²) in [5.74, 6) is 0.482. The second kappa shape index (κ2) is 12.9. The summed E-state index contributed by atoms with van der Waals surface area (Å²) in [5.41, 5.74) is 9.95. The third kappa shape index (κ3) is 4.87. The first kappa shape index (κ1) is 35.5. The van der Waals surface area contributed by atoms with Crippen molar-refractivity contribution in [3.05, 3.63) is 203 Å². The molecule has 11 heteroatoms. The highest BCUT2D eigenvalue weighted by atomic mass is 28.3. The molecule has 0 bridgehead atoms. The molecule has 0 unspecified atom stereocenters. The second-order valence-electron chi connectivity index (χ2n) is 16.6. The Morgan fingerprint density at radius 1 is 0.556 bits per heavy atom. The number of rotatable bonds is 5. The quantitative estimate of drug-likeness (QED) is 0.0992. The number of imidazole rings is 3. The van der Waals surface area contributed by atoms with Crippen LogP contribution >= 0.6 is 0 Å². The Labute approximate surface area is 359 Å². The lowest BCUT2D eigenvalue weighted by Gasteiger charge is -2.33. The summed E-state index contributed by atoms with van der Waals surface area (Å²) in [6.07, 6.45) is 5.48. The van der Waals surface area contributed by atoms with Crippen LogP contribution in [0.5, 0.6) is 0 Å². The number of pyridine rings is 1. The summed E-state index contributed by atoms with van der Waals surface area (Å²) in [6, 6.07) is 55.9. The molecule has 63 heavy (non-hydrogen) atoms. The SMILES string of the molecule is C[Si]1(C)c2ccc(-n3c(=O)n(-c4ccccc4)c4cc5c(cc43)n(-c3ccccn3)c(=O)n5-c3ccccc3)cc2-n2[c-][n+](-c3ccccc3)c3c4c(cc1c32)oc1ccccc14. The Bertz CT molecular complexity index is 3970. The molecule has 0 saturated carbocycles. The molecule has 1 aliphatic rings. The van der Waals surface area contributed by atoms with E-state index in [4.69, 9.17) is 4.42 Å². The van der Waals surface area contributed by atoms with Crippen LogP contribution < -0.4 is 26.3 Å². The van der Waals surface area contributed by atoms with E-state index >= 15 is 4.79 Å². The lowest BCUT2D eigenvalue weighted by atomic mass is 10.1. The normalized spacial score (nSPS) is 13.2. The van der Waals surface area contributed by atoms with E-state index in [1.807, 2.05) is 121 Å². The Morgan fingerprint density at radius 2 is 1.14 bits per heavy atom. The predicted molar refractivity (Wildman–Crippen MR) is 250 cm³/mol. The molecular formula is C52H35N7O3Si. The summed E-state index contributed by atoms with van der Waals surface area (Å²) >= 11 is 0. The van der Waals surface area contributed by atoms with Crippen LogP contribution in [0.1, 0.15) is 0 Å². The smallest absolute Gasteiger partial charge is 0.339 e. The van der Waals surface area contributed by atoms with Crippen molar-refractivity contribution in [2.75, 3.05) is 0 Å². The standard InChI is InChI=1S/C52H35N7O3Si/c1-63(2)45-26-25-36(28-42(45)55-32-54(33-16-6-3-7-17-33)50-48-37-22-12-13-23-43(37)62-44(48)31-46(63)49(50)55)58-39-30-41-40(29-38(39)56(51(58)60)34-18-8-4-9-19-34)57(35-20-10-5-11-21-35)52(61)59(41)47-24-14-15-27-53-47/h3-31H,1-2H3. The molecule has 0 fully saturated rings. The molecule has 0 spiro atoms. The molecule has 10 nitrogen and oxygen atoms in total. The van der Waals surface area contributed by atoms with Gasteiger partial charge in [-0.1, -0.05) is 98.0 Å². The van der Waals surface area contributed by atoms with Crippen molar-refractivity contribution in [2.24, 2.45) is 0 Å². The highest BCUT2D eigenvalue weighted by molar-refractivity contribution is 7.02. The van der Waals surface area contributed by atoms with Gasteiger partial charge in [-0.15, -0.1) is 0 Å². The molecule has 0 amide bonds. The Balaban J connectivity index is 1.13. The van der Waals surface area contributed by atoms with Gasteiger partial charge in [-0.3, -0.25) is 22.8 Å². The predicted octanol–water partition coefficient (Wildman–Crippen LogP) is 8.33. The van der Waals surface area contributed by atoms with Crippen LogP contribution in [0, 0.1) is 6.33 Å². The monoisotopic (exact) mass is 833 g/mol. The molecule has 300 valence electrons. The highest BCUT2D eigenvalue weighted by Crippen LogP contribution is 2.37. The minimum atomic E-state index is -2.43. The Kier molecular flexibility index (Phi) is 7.24. The summed E-state index contributed by atoms with van der Waals surface area (Å²) in [6.45, 7) is 4.77. The van der Waals surface area contributed by atoms with Gasteiger partial charge in [-0.2, -0.15) is 0 Å². The molecule has 1 aliphatic heterocycles. The van der Waals surface area contributed by atoms with Crippen molar-refractivity contribution in [3.63, 3.8) is 0 Å². The van der Waals surface area contributed by atoms with Crippen molar-refractivity contribution >= 4 is 73.5 Å². The van der Waals surface area contributed by atoms with Gasteiger partial charge in [-0.05, 0) is 95.3 Å². The van der Waals surface area contributed by atoms with Gasteiger partial charge in [0, 0.05) is 22.7 Å². The average Bonchev–Trinajstić information content (AvgIpc) is 4.05. The van der Waals surface area contributed by atoms with Crippen molar-refractivity contribution in [3.8, 4) is 34.3 Å². The zero-order chi connectivity index (χ0) is 42.1. The van der Waals surface area contributed by atoms with Gasteiger partial charge in [0.25, 0.3) is 6.33 Å². The van der Waals surface area contributed by atoms with Crippen LogP contribution in [0.2, 0.25) is 13.1 Å². The maximum absolute atomic E-state index is 15.3. The van der Waals surface area contributed by atoms with Crippen LogP contribution in [-0.4, -0.2) is 35.9 Å². The van der Waals surface area contributed by atoms with E-state index in [2.05, 4.69) is 82.1 Å². The molecule has 0 saturated heterocycles. The first-order chi connectivity index (χ1) is 30.9. The second-order valence-corrected chi connectivity index (χ2v) is 20.9. The number of para-hydroxylation sites is 4. The van der Waals surface area contributed by atoms with E-state index in [0.29, 0.717) is 44.9 Å². The Hall–Kier alpha value is -8.28. The van der Waals surface area contributed by atoms with Gasteiger partial charge in [-0.25, -0.2) is 19.1 Å². The summed E-state index contributed by atoms with van der Waals surface area (Å²) in [5, 5.41) is 4.56. The zero-order valence-electron chi connectivity index (χ0n) is 34.1. The lowest BCUT2D eigenvalue weighted by Crippen LogP contribution is -2.57. The number of aromatic nitrogens is 7. The molecule has 0 radical (unpaired) electrons. The summed E-state index contributed by atoms with van der Waals surface area (Å²) in [7, 11) is -2.43. The van der Waals surface area contributed by atoms with Gasteiger partial charge >= 0.3 is 11.4 Å². The van der Waals surface area contributed by atoms with Crippen LogP contribution in [0.3, 0.4) is 0 Å². The molecule has 12 aromatic rings. The molecule has 5 aromatic heterocycles. The maximum Gasteiger partial charge on any atom is 0.339 e. The van der Waals surface area contributed by atoms with E-state index in [-0.39, 0.29) is 11.4 Å². The highest BCUT2D eigenvalue weighted by Gasteiger charge is 2.39. The maximum atomic E-state index is 15.3. The van der Waals surface area contributed by atoms with E-state index in [1.54, 1.807) is 24.5 Å². The van der Waals surface area contributed by atoms with Gasteiger partial charge in [0.05, 0.1) is 55.8 Å². The zero-order valence-corrected chi connectivity index (χ0v) is 35.1. The number of benzene rings is 7. The fraction of sp³-hybridized carbons (Fsp3) is 0.0385. The van der Waals surface area contributed by atoms with Crippen molar-refractivity contribution in [2.45, 2.75) is 13.1 Å². The topological polar surface area (TPSA) is 88.7 Å². The van der Waals surface area contributed by atoms with Crippen LogP contribution in [0.4, 0.5) is 0 Å². The molecule has 6 heterocycles. The number of nitrogens with zero attached hydrogens (tertiary/aromatic N) is 7. The summed E-state index contributed by atoms with van der Waals surface area (Å²) in [4.78, 5) is 34.5. The van der Waals surface area contributed by atoms with E-state index in [9.17, 15) is 4.79 Å². The van der Waals surface area contributed by atoms with E-state index < -0.39 is 8.07 Å². The van der Waals surface area contributed by atoms with Crippen LogP contribution in [-0.2, 0) is 0 Å². The molecule has 7 aromatic carbocycles. The van der Waals surface area contributed by atoms with Gasteiger partial charge in [0.1, 0.15) is 25.1 Å². The lowest BCUT2D eigenvalue weighted by molar-refractivity contribution is -0.571. The molecule has 0 atom stereocenters. The first-order valence-electron chi connectivity index (χ1n) is 20.9. The minimum Gasteiger partial charge on any atom is -0.457 e. The number of fused-ring (bicyclic) bond motifs is 8. The van der Waals surface area contributed by atoms with Crippen molar-refractivity contribution in [1.82, 2.24) is 27.8 Å². The Morgan fingerprint density at radius 3 is 1.81 bits per heavy atom. The molecular weight excluding hydrogens is 799 g/mol. The minimum absolute atomic E-state index is 0.234. The largest absolute Gasteiger partial charge is 0.457 e.